The third-order valence-electron chi connectivity index (χ3n) is 3.95. The summed E-state index contributed by atoms with van der Waals surface area (Å²) >= 11 is 0. The number of hydrogen-bond acceptors (Lipinski definition) is 5. The van der Waals surface area contributed by atoms with Gasteiger partial charge >= 0.3 is 5.97 Å². The normalized spacial score (nSPS) is 20.5. The molecular formula is C14H26N2O5. The van der Waals surface area contributed by atoms with Crippen molar-refractivity contribution in [3.8, 4) is 0 Å². The predicted molar refractivity (Wildman–Crippen MR) is 76.1 cm³/mol. The fourth-order valence-corrected chi connectivity index (χ4v) is 2.63. The van der Waals surface area contributed by atoms with Gasteiger partial charge in [0.25, 0.3) is 5.91 Å². The number of amides is 1. The molecule has 0 bridgehead atoms. The molecule has 1 amide bonds. The summed E-state index contributed by atoms with van der Waals surface area (Å²) in [6.45, 7) is 1.62. The summed E-state index contributed by atoms with van der Waals surface area (Å²) in [5.41, 5.74) is 7.85. The minimum Gasteiger partial charge on any atom is -0.479 e. The second-order valence-corrected chi connectivity index (χ2v) is 5.67. The van der Waals surface area contributed by atoms with Crippen molar-refractivity contribution in [2.24, 2.45) is 11.7 Å². The summed E-state index contributed by atoms with van der Waals surface area (Å²) < 4.78 is 0. The van der Waals surface area contributed by atoms with Gasteiger partial charge in [-0.1, -0.05) is 39.0 Å². The number of aliphatic hydroxyl groups is 1. The minimum atomic E-state index is -1.39. The molecule has 0 spiro atoms. The van der Waals surface area contributed by atoms with E-state index in [4.69, 9.17) is 15.7 Å². The zero-order valence-electron chi connectivity index (χ0n) is 12.5. The second-order valence-electron chi connectivity index (χ2n) is 5.67. The van der Waals surface area contributed by atoms with Crippen LogP contribution in [0.2, 0.25) is 0 Å². The highest BCUT2D eigenvalue weighted by atomic mass is 16.7. The highest BCUT2D eigenvalue weighted by Gasteiger charge is 2.28. The third kappa shape index (κ3) is 5.99. The lowest BCUT2D eigenvalue weighted by Crippen LogP contribution is -2.48. The van der Waals surface area contributed by atoms with Gasteiger partial charge in [-0.2, -0.15) is 0 Å². The van der Waals surface area contributed by atoms with Gasteiger partial charge in [0, 0.05) is 6.04 Å². The molecule has 0 saturated heterocycles. The van der Waals surface area contributed by atoms with Gasteiger partial charge in [-0.05, 0) is 18.8 Å². The average Bonchev–Trinajstić information content (AvgIpc) is 2.47. The molecule has 0 aromatic carbocycles. The van der Waals surface area contributed by atoms with Gasteiger partial charge in [-0.3, -0.25) is 9.63 Å². The number of carbonyl (C=O) groups is 2. The zero-order chi connectivity index (χ0) is 15.8. The van der Waals surface area contributed by atoms with Crippen LogP contribution in [0, 0.1) is 5.92 Å². The van der Waals surface area contributed by atoms with E-state index in [9.17, 15) is 14.7 Å². The number of hydrogen-bond donors (Lipinski definition) is 4. The Hall–Kier alpha value is -1.18. The van der Waals surface area contributed by atoms with Crippen LogP contribution in [0.15, 0.2) is 0 Å². The molecule has 0 radical (unpaired) electrons. The summed E-state index contributed by atoms with van der Waals surface area (Å²) in [7, 11) is 0. The first-order valence-corrected chi connectivity index (χ1v) is 7.57. The Labute approximate surface area is 124 Å². The van der Waals surface area contributed by atoms with E-state index in [-0.39, 0.29) is 6.42 Å². The molecule has 1 aliphatic rings. The molecular weight excluding hydrogens is 276 g/mol. The van der Waals surface area contributed by atoms with E-state index in [2.05, 4.69) is 0 Å². The van der Waals surface area contributed by atoms with Gasteiger partial charge in [0.1, 0.15) is 6.10 Å². The van der Waals surface area contributed by atoms with Crippen molar-refractivity contribution in [3.63, 3.8) is 0 Å². The molecule has 1 fully saturated rings. The van der Waals surface area contributed by atoms with E-state index in [1.54, 1.807) is 6.92 Å². The number of carbonyl (C=O) groups excluding carboxylic acids is 1. The number of carboxylic acid groups (broad SMARTS) is 1. The predicted octanol–water partition coefficient (Wildman–Crippen LogP) is 0.556. The zero-order valence-corrected chi connectivity index (χ0v) is 12.5. The Bertz CT molecular complexity index is 344. The SMILES string of the molecule is CCC(ONC(=O)C(O)[C@H](N)CC1CCCCC1)C(=O)O. The second kappa shape index (κ2) is 8.96. The number of hydroxylamine groups is 1. The first-order valence-electron chi connectivity index (χ1n) is 7.57. The topological polar surface area (TPSA) is 122 Å². The highest BCUT2D eigenvalue weighted by molar-refractivity contribution is 5.80. The van der Waals surface area contributed by atoms with Crippen molar-refractivity contribution in [1.29, 1.82) is 0 Å². The van der Waals surface area contributed by atoms with E-state index < -0.39 is 30.1 Å². The van der Waals surface area contributed by atoms with Crippen LogP contribution in [0.4, 0.5) is 0 Å². The highest BCUT2D eigenvalue weighted by Crippen LogP contribution is 2.27. The molecule has 0 heterocycles. The Morgan fingerprint density at radius 1 is 1.33 bits per heavy atom. The first kappa shape index (κ1) is 17.9. The number of rotatable bonds is 8. The lowest BCUT2D eigenvalue weighted by molar-refractivity contribution is -0.164. The van der Waals surface area contributed by atoms with Crippen molar-refractivity contribution in [2.45, 2.75) is 70.1 Å². The molecule has 122 valence electrons. The summed E-state index contributed by atoms with van der Waals surface area (Å²) in [6.07, 6.45) is 4.00. The minimum absolute atomic E-state index is 0.208. The molecule has 5 N–H and O–H groups in total. The number of aliphatic hydroxyl groups excluding tert-OH is 1. The van der Waals surface area contributed by atoms with Gasteiger partial charge in [-0.25, -0.2) is 10.3 Å². The molecule has 1 aliphatic carbocycles. The van der Waals surface area contributed by atoms with E-state index in [1.165, 1.54) is 19.3 Å². The van der Waals surface area contributed by atoms with Crippen LogP contribution in [0.1, 0.15) is 51.9 Å². The van der Waals surface area contributed by atoms with Crippen LogP contribution < -0.4 is 11.2 Å². The molecule has 0 aliphatic heterocycles. The summed E-state index contributed by atoms with van der Waals surface area (Å²) in [5, 5.41) is 18.7. The van der Waals surface area contributed by atoms with Gasteiger partial charge in [0.05, 0.1) is 0 Å². The van der Waals surface area contributed by atoms with Crippen LogP contribution in [0.25, 0.3) is 0 Å². The number of nitrogens with one attached hydrogen (secondary N) is 1. The number of aliphatic carboxylic acids is 1. The Balaban J connectivity index is 2.36. The van der Waals surface area contributed by atoms with E-state index in [0.717, 1.165) is 12.8 Å². The van der Waals surface area contributed by atoms with Crippen LogP contribution in [-0.2, 0) is 14.4 Å². The summed E-state index contributed by atoms with van der Waals surface area (Å²) in [5.74, 6) is -1.52. The summed E-state index contributed by atoms with van der Waals surface area (Å²) in [4.78, 5) is 27.2. The molecule has 0 aromatic heterocycles. The molecule has 21 heavy (non-hydrogen) atoms. The van der Waals surface area contributed by atoms with Crippen LogP contribution >= 0.6 is 0 Å². The van der Waals surface area contributed by atoms with Crippen molar-refractivity contribution in [3.05, 3.63) is 0 Å². The van der Waals surface area contributed by atoms with Crippen molar-refractivity contribution >= 4 is 11.9 Å². The average molecular weight is 302 g/mol. The van der Waals surface area contributed by atoms with Crippen molar-refractivity contribution in [1.82, 2.24) is 5.48 Å². The Morgan fingerprint density at radius 2 is 1.95 bits per heavy atom. The van der Waals surface area contributed by atoms with E-state index >= 15 is 0 Å². The fourth-order valence-electron chi connectivity index (χ4n) is 2.63. The standard InChI is InChI=1S/C14H26N2O5/c1-2-11(14(19)20)21-16-13(18)12(17)10(15)8-9-6-4-3-5-7-9/h9-12,17H,2-8,15H2,1H3,(H,16,18)(H,19,20)/t10-,11?,12?/m1/s1. The van der Waals surface area contributed by atoms with E-state index in [0.29, 0.717) is 12.3 Å². The fraction of sp³-hybridized carbons (Fsp3) is 0.857. The lowest BCUT2D eigenvalue weighted by atomic mass is 9.84. The molecule has 7 heteroatoms. The van der Waals surface area contributed by atoms with Gasteiger partial charge < -0.3 is 15.9 Å². The molecule has 0 aromatic rings. The van der Waals surface area contributed by atoms with Crippen LogP contribution in [0.3, 0.4) is 0 Å². The van der Waals surface area contributed by atoms with E-state index in [1.807, 2.05) is 5.48 Å². The largest absolute Gasteiger partial charge is 0.479 e. The molecule has 1 rings (SSSR count). The monoisotopic (exact) mass is 302 g/mol. The first-order chi connectivity index (χ1) is 9.95. The van der Waals surface area contributed by atoms with Gasteiger partial charge in [0.15, 0.2) is 6.10 Å². The number of nitrogens with two attached hydrogens (primary N) is 1. The number of carboxylic acids is 1. The lowest BCUT2D eigenvalue weighted by Gasteiger charge is -2.26. The van der Waals surface area contributed by atoms with Gasteiger partial charge in [-0.15, -0.1) is 0 Å². The Morgan fingerprint density at radius 3 is 2.48 bits per heavy atom. The smallest absolute Gasteiger partial charge is 0.335 e. The maximum atomic E-state index is 11.7. The quantitative estimate of drug-likeness (QED) is 0.486. The van der Waals surface area contributed by atoms with Crippen molar-refractivity contribution in [2.75, 3.05) is 0 Å². The summed E-state index contributed by atoms with van der Waals surface area (Å²) in [6, 6.07) is -0.665. The van der Waals surface area contributed by atoms with Crippen LogP contribution in [0.5, 0.6) is 0 Å². The molecule has 1 saturated carbocycles. The molecule has 7 nitrogen and oxygen atoms in total. The Kier molecular flexibility index (Phi) is 7.63. The van der Waals surface area contributed by atoms with Crippen LogP contribution in [-0.4, -0.2) is 40.3 Å². The molecule has 2 unspecified atom stereocenters. The van der Waals surface area contributed by atoms with Gasteiger partial charge in [0.2, 0.25) is 0 Å². The molecule has 3 atom stereocenters. The maximum Gasteiger partial charge on any atom is 0.335 e. The van der Waals surface area contributed by atoms with Crippen molar-refractivity contribution < 1.29 is 24.6 Å². The third-order valence-corrected chi connectivity index (χ3v) is 3.95. The maximum absolute atomic E-state index is 11.7.